The number of fused-ring (bicyclic) bond motifs is 1. The van der Waals surface area contributed by atoms with E-state index in [0.717, 1.165) is 6.42 Å². The standard InChI is InChI=1S/C21H23FN2O2/c1-13(2)19(24-20(25)14-7-9-17(22)10-8-14)21(26)23-12-16-11-15-5-3-4-6-18(15)16/h3-10,13,16,19H,11-12H2,1-2H3,(H,23,26)(H,24,25)/t16-,19+/m0/s1. The smallest absolute Gasteiger partial charge is 0.251 e. The second-order valence-electron chi connectivity index (χ2n) is 7.05. The summed E-state index contributed by atoms with van der Waals surface area (Å²) in [7, 11) is 0. The van der Waals surface area contributed by atoms with Crippen molar-refractivity contribution in [3.63, 3.8) is 0 Å². The van der Waals surface area contributed by atoms with Gasteiger partial charge in [-0.25, -0.2) is 4.39 Å². The van der Waals surface area contributed by atoms with Gasteiger partial charge in [0.2, 0.25) is 5.91 Å². The third-order valence-electron chi connectivity index (χ3n) is 4.83. The van der Waals surface area contributed by atoms with E-state index in [0.29, 0.717) is 18.0 Å². The summed E-state index contributed by atoms with van der Waals surface area (Å²) in [5.74, 6) is -0.711. The average Bonchev–Trinajstić information content (AvgIpc) is 2.60. The summed E-state index contributed by atoms with van der Waals surface area (Å²) in [5, 5.41) is 5.72. The zero-order valence-corrected chi connectivity index (χ0v) is 15.0. The maximum Gasteiger partial charge on any atom is 0.251 e. The highest BCUT2D eigenvalue weighted by atomic mass is 19.1. The maximum absolute atomic E-state index is 13.0. The molecule has 0 saturated carbocycles. The summed E-state index contributed by atoms with van der Waals surface area (Å²) in [6, 6.07) is 12.9. The molecule has 1 aliphatic rings. The van der Waals surface area contributed by atoms with Gasteiger partial charge in [0.05, 0.1) is 0 Å². The van der Waals surface area contributed by atoms with E-state index >= 15 is 0 Å². The molecule has 2 N–H and O–H groups in total. The lowest BCUT2D eigenvalue weighted by Gasteiger charge is -2.31. The van der Waals surface area contributed by atoms with Crippen molar-refractivity contribution in [1.29, 1.82) is 0 Å². The third-order valence-corrected chi connectivity index (χ3v) is 4.83. The monoisotopic (exact) mass is 354 g/mol. The molecule has 136 valence electrons. The molecule has 0 spiro atoms. The Hall–Kier alpha value is -2.69. The van der Waals surface area contributed by atoms with Crippen LogP contribution in [0.4, 0.5) is 4.39 Å². The van der Waals surface area contributed by atoms with Crippen LogP contribution >= 0.6 is 0 Å². The Bertz CT molecular complexity index is 802. The van der Waals surface area contributed by atoms with E-state index in [1.807, 2.05) is 26.0 Å². The van der Waals surface area contributed by atoms with Gasteiger partial charge in [-0.15, -0.1) is 0 Å². The molecular weight excluding hydrogens is 331 g/mol. The van der Waals surface area contributed by atoms with Gasteiger partial charge in [-0.05, 0) is 47.7 Å². The highest BCUT2D eigenvalue weighted by Gasteiger charge is 2.28. The second kappa shape index (κ2) is 7.68. The molecule has 0 aromatic heterocycles. The van der Waals surface area contributed by atoms with Gasteiger partial charge in [0.1, 0.15) is 11.9 Å². The van der Waals surface area contributed by atoms with E-state index in [4.69, 9.17) is 0 Å². The summed E-state index contributed by atoms with van der Waals surface area (Å²) in [4.78, 5) is 24.9. The van der Waals surface area contributed by atoms with Crippen LogP contribution in [0, 0.1) is 11.7 Å². The fraction of sp³-hybridized carbons (Fsp3) is 0.333. The number of hydrogen-bond acceptors (Lipinski definition) is 2. The summed E-state index contributed by atoms with van der Waals surface area (Å²) >= 11 is 0. The first kappa shape index (κ1) is 18.1. The predicted octanol–water partition coefficient (Wildman–Crippen LogP) is 3.04. The number of rotatable bonds is 6. The molecule has 2 aromatic carbocycles. The van der Waals surface area contributed by atoms with Crippen molar-refractivity contribution in [3.05, 3.63) is 71.0 Å². The average molecular weight is 354 g/mol. The maximum atomic E-state index is 13.0. The largest absolute Gasteiger partial charge is 0.354 e. The van der Waals surface area contributed by atoms with Crippen molar-refractivity contribution in [2.45, 2.75) is 32.2 Å². The molecule has 0 saturated heterocycles. The van der Waals surface area contributed by atoms with Gasteiger partial charge in [-0.3, -0.25) is 9.59 Å². The highest BCUT2D eigenvalue weighted by Crippen LogP contribution is 2.34. The van der Waals surface area contributed by atoms with E-state index in [9.17, 15) is 14.0 Å². The molecule has 2 atom stereocenters. The topological polar surface area (TPSA) is 58.2 Å². The molecular formula is C21H23FN2O2. The molecule has 0 unspecified atom stereocenters. The molecule has 0 heterocycles. The summed E-state index contributed by atoms with van der Waals surface area (Å²) in [6.07, 6.45) is 0.963. The van der Waals surface area contributed by atoms with Gasteiger partial charge in [-0.2, -0.15) is 0 Å². The molecule has 1 aliphatic carbocycles. The lowest BCUT2D eigenvalue weighted by molar-refractivity contribution is -0.124. The van der Waals surface area contributed by atoms with E-state index in [-0.39, 0.29) is 17.7 Å². The van der Waals surface area contributed by atoms with Crippen LogP contribution in [0.15, 0.2) is 48.5 Å². The van der Waals surface area contributed by atoms with Crippen molar-refractivity contribution in [2.24, 2.45) is 5.92 Å². The van der Waals surface area contributed by atoms with Crippen molar-refractivity contribution >= 4 is 11.8 Å². The number of amides is 2. The van der Waals surface area contributed by atoms with E-state index < -0.39 is 11.9 Å². The van der Waals surface area contributed by atoms with Crippen molar-refractivity contribution < 1.29 is 14.0 Å². The molecule has 0 bridgehead atoms. The van der Waals surface area contributed by atoms with Crippen LogP contribution in [0.25, 0.3) is 0 Å². The van der Waals surface area contributed by atoms with Gasteiger partial charge >= 0.3 is 0 Å². The minimum absolute atomic E-state index is 0.0620. The molecule has 2 amide bonds. The van der Waals surface area contributed by atoms with Gasteiger partial charge in [0.25, 0.3) is 5.91 Å². The number of benzene rings is 2. The number of carbonyl (C=O) groups is 2. The Kier molecular flexibility index (Phi) is 5.35. The van der Waals surface area contributed by atoms with Crippen LogP contribution in [0.5, 0.6) is 0 Å². The fourth-order valence-corrected chi connectivity index (χ4v) is 3.24. The quantitative estimate of drug-likeness (QED) is 0.838. The Morgan fingerprint density at radius 3 is 2.46 bits per heavy atom. The van der Waals surface area contributed by atoms with Crippen LogP contribution in [0.2, 0.25) is 0 Å². The van der Waals surface area contributed by atoms with Gasteiger partial charge in [0, 0.05) is 18.0 Å². The molecule has 0 fully saturated rings. The van der Waals surface area contributed by atoms with Crippen LogP contribution in [0.3, 0.4) is 0 Å². The Balaban J connectivity index is 1.58. The van der Waals surface area contributed by atoms with Crippen LogP contribution < -0.4 is 10.6 Å². The van der Waals surface area contributed by atoms with Crippen molar-refractivity contribution in [2.75, 3.05) is 6.54 Å². The summed E-state index contributed by atoms with van der Waals surface area (Å²) < 4.78 is 13.0. The minimum atomic E-state index is -0.636. The molecule has 2 aromatic rings. The molecule has 26 heavy (non-hydrogen) atoms. The zero-order valence-electron chi connectivity index (χ0n) is 15.0. The third kappa shape index (κ3) is 3.93. The normalized spacial score (nSPS) is 16.4. The van der Waals surface area contributed by atoms with E-state index in [1.54, 1.807) is 0 Å². The Morgan fingerprint density at radius 2 is 1.81 bits per heavy atom. The van der Waals surface area contributed by atoms with Gasteiger partial charge in [0.15, 0.2) is 0 Å². The number of nitrogens with one attached hydrogen (secondary N) is 2. The molecule has 0 aliphatic heterocycles. The predicted molar refractivity (Wildman–Crippen MR) is 98.4 cm³/mol. The highest BCUT2D eigenvalue weighted by molar-refractivity contribution is 5.97. The first-order valence-corrected chi connectivity index (χ1v) is 8.87. The fourth-order valence-electron chi connectivity index (χ4n) is 3.24. The number of carbonyl (C=O) groups excluding carboxylic acids is 2. The first-order valence-electron chi connectivity index (χ1n) is 8.87. The van der Waals surface area contributed by atoms with Gasteiger partial charge in [-0.1, -0.05) is 38.1 Å². The summed E-state index contributed by atoms with van der Waals surface area (Å²) in [6.45, 7) is 4.33. The minimum Gasteiger partial charge on any atom is -0.354 e. The lowest BCUT2D eigenvalue weighted by Crippen LogP contribution is -2.50. The Labute approximate surface area is 152 Å². The van der Waals surface area contributed by atoms with Crippen molar-refractivity contribution in [1.82, 2.24) is 10.6 Å². The SMILES string of the molecule is CC(C)[C@@H](NC(=O)c1ccc(F)cc1)C(=O)NC[C@@H]1Cc2ccccc21. The Morgan fingerprint density at radius 1 is 1.12 bits per heavy atom. The van der Waals surface area contributed by atoms with Crippen LogP contribution in [0.1, 0.15) is 41.3 Å². The molecule has 0 radical (unpaired) electrons. The number of hydrogen-bond donors (Lipinski definition) is 2. The summed E-state index contributed by atoms with van der Waals surface area (Å²) in [5.41, 5.74) is 2.94. The molecule has 3 rings (SSSR count). The lowest BCUT2D eigenvalue weighted by atomic mass is 9.77. The molecule has 4 nitrogen and oxygen atoms in total. The van der Waals surface area contributed by atoms with E-state index in [1.165, 1.54) is 35.4 Å². The molecule has 5 heteroatoms. The number of halogens is 1. The van der Waals surface area contributed by atoms with Crippen LogP contribution in [-0.4, -0.2) is 24.4 Å². The second-order valence-corrected chi connectivity index (χ2v) is 7.05. The first-order chi connectivity index (χ1) is 12.5. The van der Waals surface area contributed by atoms with Crippen molar-refractivity contribution in [3.8, 4) is 0 Å². The van der Waals surface area contributed by atoms with Crippen LogP contribution in [-0.2, 0) is 11.2 Å². The van der Waals surface area contributed by atoms with Gasteiger partial charge < -0.3 is 10.6 Å². The zero-order chi connectivity index (χ0) is 18.7. The van der Waals surface area contributed by atoms with E-state index in [2.05, 4.69) is 22.8 Å².